The SMILES string of the molecule is Cc1cccc(C(N)=C2SCCN(c3ccc(Cl)c(Cl)c3)C2=O)c1CCN(C)C. The third kappa shape index (κ3) is 4.92. The van der Waals surface area contributed by atoms with Gasteiger partial charge in [0.05, 0.1) is 20.6 Å². The second kappa shape index (κ2) is 9.43. The zero-order valence-corrected chi connectivity index (χ0v) is 19.2. The number of halogens is 2. The molecule has 1 amide bonds. The van der Waals surface area contributed by atoms with Gasteiger partial charge in [0.15, 0.2) is 0 Å². The Morgan fingerprint density at radius 2 is 1.97 bits per heavy atom. The highest BCUT2D eigenvalue weighted by molar-refractivity contribution is 8.04. The van der Waals surface area contributed by atoms with Crippen LogP contribution < -0.4 is 10.6 Å². The molecule has 0 aromatic heterocycles. The molecule has 2 aromatic carbocycles. The molecule has 0 radical (unpaired) electrons. The van der Waals surface area contributed by atoms with Crippen LogP contribution in [0.25, 0.3) is 5.70 Å². The third-order valence-corrected chi connectivity index (χ3v) is 6.78. The number of hydrogen-bond donors (Lipinski definition) is 1. The Morgan fingerprint density at radius 3 is 2.66 bits per heavy atom. The van der Waals surface area contributed by atoms with Crippen LogP contribution in [0.4, 0.5) is 5.69 Å². The van der Waals surface area contributed by atoms with Gasteiger partial charge in [0.1, 0.15) is 0 Å². The van der Waals surface area contributed by atoms with Crippen LogP contribution in [0.15, 0.2) is 41.3 Å². The van der Waals surface area contributed by atoms with E-state index < -0.39 is 0 Å². The van der Waals surface area contributed by atoms with Gasteiger partial charge >= 0.3 is 0 Å². The Bertz CT molecular complexity index is 959. The normalized spacial score (nSPS) is 16.5. The molecule has 3 rings (SSSR count). The largest absolute Gasteiger partial charge is 0.397 e. The monoisotopic (exact) mass is 449 g/mol. The molecular formula is C22H25Cl2N3OS. The van der Waals surface area contributed by atoms with Crippen LogP contribution in [0, 0.1) is 6.92 Å². The molecule has 29 heavy (non-hydrogen) atoms. The fourth-order valence-electron chi connectivity index (χ4n) is 3.36. The van der Waals surface area contributed by atoms with Crippen molar-refractivity contribution in [2.45, 2.75) is 13.3 Å². The fourth-order valence-corrected chi connectivity index (χ4v) is 4.63. The van der Waals surface area contributed by atoms with Crippen molar-refractivity contribution in [3.05, 3.63) is 68.0 Å². The van der Waals surface area contributed by atoms with E-state index in [1.165, 1.54) is 22.9 Å². The van der Waals surface area contributed by atoms with E-state index in [0.29, 0.717) is 27.2 Å². The van der Waals surface area contributed by atoms with E-state index in [1.807, 2.05) is 18.2 Å². The van der Waals surface area contributed by atoms with Crippen molar-refractivity contribution < 1.29 is 4.79 Å². The summed E-state index contributed by atoms with van der Waals surface area (Å²) in [5.41, 5.74) is 11.2. The molecule has 2 N–H and O–H groups in total. The topological polar surface area (TPSA) is 49.6 Å². The summed E-state index contributed by atoms with van der Waals surface area (Å²) in [4.78, 5) is 17.7. The molecule has 154 valence electrons. The van der Waals surface area contributed by atoms with Gasteiger partial charge in [-0.05, 0) is 56.8 Å². The predicted molar refractivity (Wildman–Crippen MR) is 126 cm³/mol. The fraction of sp³-hybridized carbons (Fsp3) is 0.318. The number of nitrogens with zero attached hydrogens (tertiary/aromatic N) is 2. The first-order valence-electron chi connectivity index (χ1n) is 9.42. The number of rotatable bonds is 5. The summed E-state index contributed by atoms with van der Waals surface area (Å²) in [5.74, 6) is 0.665. The second-order valence-corrected chi connectivity index (χ2v) is 9.22. The van der Waals surface area contributed by atoms with Crippen LogP contribution in [0.2, 0.25) is 10.0 Å². The number of amides is 1. The molecule has 4 nitrogen and oxygen atoms in total. The molecule has 2 aromatic rings. The van der Waals surface area contributed by atoms with Gasteiger partial charge in [0.2, 0.25) is 0 Å². The number of aryl methyl sites for hydroxylation is 1. The lowest BCUT2D eigenvalue weighted by Gasteiger charge is -2.29. The Kier molecular flexibility index (Phi) is 7.17. The summed E-state index contributed by atoms with van der Waals surface area (Å²) in [6, 6.07) is 11.3. The summed E-state index contributed by atoms with van der Waals surface area (Å²) in [6.45, 7) is 3.60. The van der Waals surface area contributed by atoms with Gasteiger partial charge in [-0.25, -0.2) is 0 Å². The van der Waals surface area contributed by atoms with Gasteiger partial charge in [-0.1, -0.05) is 41.4 Å². The number of benzene rings is 2. The van der Waals surface area contributed by atoms with E-state index in [0.717, 1.165) is 30.0 Å². The molecule has 1 fully saturated rings. The quantitative estimate of drug-likeness (QED) is 0.664. The highest BCUT2D eigenvalue weighted by Crippen LogP contribution is 2.35. The van der Waals surface area contributed by atoms with Gasteiger partial charge in [-0.2, -0.15) is 0 Å². The molecule has 0 spiro atoms. The first-order chi connectivity index (χ1) is 13.8. The van der Waals surface area contributed by atoms with Crippen LogP contribution in [0.5, 0.6) is 0 Å². The Labute approximate surface area is 186 Å². The average molecular weight is 450 g/mol. The number of nitrogens with two attached hydrogens (primary N) is 1. The molecule has 1 aliphatic rings. The highest BCUT2D eigenvalue weighted by Gasteiger charge is 2.28. The van der Waals surface area contributed by atoms with Crippen molar-refractivity contribution >= 4 is 52.3 Å². The van der Waals surface area contributed by atoms with E-state index in [-0.39, 0.29) is 5.91 Å². The van der Waals surface area contributed by atoms with Gasteiger partial charge in [0, 0.05) is 30.1 Å². The molecule has 0 saturated carbocycles. The molecule has 0 bridgehead atoms. The maximum absolute atomic E-state index is 13.3. The molecule has 0 aliphatic carbocycles. The number of carbonyl (C=O) groups is 1. The van der Waals surface area contributed by atoms with Gasteiger partial charge in [-0.3, -0.25) is 4.79 Å². The number of thioether (sulfide) groups is 1. The summed E-state index contributed by atoms with van der Waals surface area (Å²) >= 11 is 13.7. The lowest BCUT2D eigenvalue weighted by Crippen LogP contribution is -2.38. The molecule has 7 heteroatoms. The van der Waals surface area contributed by atoms with E-state index in [1.54, 1.807) is 17.0 Å². The van der Waals surface area contributed by atoms with Gasteiger partial charge in [-0.15, -0.1) is 11.8 Å². The lowest BCUT2D eigenvalue weighted by atomic mass is 9.96. The Balaban J connectivity index is 1.99. The van der Waals surface area contributed by atoms with E-state index >= 15 is 0 Å². The molecule has 1 saturated heterocycles. The van der Waals surface area contributed by atoms with Crippen LogP contribution in [0.3, 0.4) is 0 Å². The minimum absolute atomic E-state index is 0.0998. The van der Waals surface area contributed by atoms with E-state index in [9.17, 15) is 4.79 Å². The van der Waals surface area contributed by atoms with Crippen LogP contribution >= 0.6 is 35.0 Å². The first-order valence-corrected chi connectivity index (χ1v) is 11.2. The van der Waals surface area contributed by atoms with Crippen molar-refractivity contribution in [3.63, 3.8) is 0 Å². The Hall–Kier alpha value is -1.66. The third-order valence-electron chi connectivity index (χ3n) is 4.97. The van der Waals surface area contributed by atoms with Crippen molar-refractivity contribution in [2.24, 2.45) is 5.73 Å². The van der Waals surface area contributed by atoms with Crippen LogP contribution in [-0.2, 0) is 11.2 Å². The first kappa shape index (κ1) is 22.0. The minimum Gasteiger partial charge on any atom is -0.397 e. The van der Waals surface area contributed by atoms with E-state index in [2.05, 4.69) is 32.0 Å². The minimum atomic E-state index is -0.0998. The number of anilines is 1. The zero-order chi connectivity index (χ0) is 21.1. The maximum Gasteiger partial charge on any atom is 0.266 e. The molecule has 1 heterocycles. The maximum atomic E-state index is 13.3. The summed E-state index contributed by atoms with van der Waals surface area (Å²) in [7, 11) is 4.10. The highest BCUT2D eigenvalue weighted by atomic mass is 35.5. The zero-order valence-electron chi connectivity index (χ0n) is 16.8. The summed E-state index contributed by atoms with van der Waals surface area (Å²) in [6.07, 6.45) is 0.873. The summed E-state index contributed by atoms with van der Waals surface area (Å²) < 4.78 is 0. The predicted octanol–water partition coefficient (Wildman–Crippen LogP) is 4.81. The van der Waals surface area contributed by atoms with Gasteiger partial charge < -0.3 is 15.5 Å². The van der Waals surface area contributed by atoms with E-state index in [4.69, 9.17) is 28.9 Å². The van der Waals surface area contributed by atoms with Crippen LogP contribution in [-0.4, -0.2) is 43.7 Å². The lowest BCUT2D eigenvalue weighted by molar-refractivity contribution is -0.114. The number of likely N-dealkylation sites (N-methyl/N-ethyl adjacent to an activating group) is 1. The Morgan fingerprint density at radius 1 is 1.21 bits per heavy atom. The van der Waals surface area contributed by atoms with Crippen LogP contribution in [0.1, 0.15) is 16.7 Å². The molecule has 1 aliphatic heterocycles. The number of hydrogen-bond acceptors (Lipinski definition) is 4. The molecular weight excluding hydrogens is 425 g/mol. The van der Waals surface area contributed by atoms with Crippen molar-refractivity contribution in [3.8, 4) is 0 Å². The van der Waals surface area contributed by atoms with Gasteiger partial charge in [0.25, 0.3) is 5.91 Å². The average Bonchev–Trinajstić information content (AvgIpc) is 2.68. The van der Waals surface area contributed by atoms with Crippen molar-refractivity contribution in [1.82, 2.24) is 4.90 Å². The second-order valence-electron chi connectivity index (χ2n) is 7.30. The smallest absolute Gasteiger partial charge is 0.266 e. The molecule has 0 atom stereocenters. The number of carbonyl (C=O) groups excluding carboxylic acids is 1. The standard InChI is InChI=1S/C22H25Cl2N3OS/c1-14-5-4-6-17(16(14)9-10-26(2)3)20(25)21-22(28)27(11-12-29-21)15-7-8-18(23)19(24)13-15/h4-8,13H,9-12,25H2,1-3H3. The van der Waals surface area contributed by atoms with Crippen molar-refractivity contribution in [2.75, 3.05) is 37.8 Å². The summed E-state index contributed by atoms with van der Waals surface area (Å²) in [5, 5.41) is 0.896. The van der Waals surface area contributed by atoms with Crippen molar-refractivity contribution in [1.29, 1.82) is 0 Å². The molecule has 0 unspecified atom stereocenters.